The third-order valence-electron chi connectivity index (χ3n) is 4.11. The van der Waals surface area contributed by atoms with Crippen molar-refractivity contribution in [3.8, 4) is 0 Å². The van der Waals surface area contributed by atoms with Crippen LogP contribution in [0.1, 0.15) is 32.4 Å². The molecule has 1 aromatic carbocycles. The lowest BCUT2D eigenvalue weighted by Crippen LogP contribution is -2.57. The maximum Gasteiger partial charge on any atom is 0.242 e. The van der Waals surface area contributed by atoms with Gasteiger partial charge in [-0.3, -0.25) is 9.69 Å². The van der Waals surface area contributed by atoms with Gasteiger partial charge in [0.15, 0.2) is 0 Å². The van der Waals surface area contributed by atoms with Crippen molar-refractivity contribution in [2.75, 3.05) is 26.2 Å². The third kappa shape index (κ3) is 3.62. The van der Waals surface area contributed by atoms with Crippen LogP contribution in [0.2, 0.25) is 0 Å². The number of benzene rings is 1. The zero-order chi connectivity index (χ0) is 16.5. The van der Waals surface area contributed by atoms with E-state index >= 15 is 0 Å². The zero-order valence-electron chi connectivity index (χ0n) is 13.3. The fourth-order valence-electron chi connectivity index (χ4n) is 2.76. The van der Waals surface area contributed by atoms with Gasteiger partial charge in [-0.15, -0.1) is 0 Å². The summed E-state index contributed by atoms with van der Waals surface area (Å²) in [4.78, 5) is 16.0. The first-order chi connectivity index (χ1) is 10.2. The standard InChI is InChI=1S/C16H23F2N3O/c1-11(13-5-4-12(17)10-14(13)18)20-6-8-21(9-7-20)15(22)16(2,3)19/h4-5,10-11H,6-9,19H2,1-3H3. The summed E-state index contributed by atoms with van der Waals surface area (Å²) in [6.45, 7) is 7.68. The molecule has 1 aliphatic rings. The molecular formula is C16H23F2N3O. The van der Waals surface area contributed by atoms with E-state index < -0.39 is 17.2 Å². The first-order valence-corrected chi connectivity index (χ1v) is 7.47. The van der Waals surface area contributed by atoms with Crippen molar-refractivity contribution in [2.24, 2.45) is 5.73 Å². The van der Waals surface area contributed by atoms with Crippen molar-refractivity contribution in [2.45, 2.75) is 32.4 Å². The van der Waals surface area contributed by atoms with Crippen LogP contribution in [0.5, 0.6) is 0 Å². The van der Waals surface area contributed by atoms with Crippen LogP contribution in [0.25, 0.3) is 0 Å². The summed E-state index contributed by atoms with van der Waals surface area (Å²) in [7, 11) is 0. The summed E-state index contributed by atoms with van der Waals surface area (Å²) in [5.41, 5.74) is 5.43. The Morgan fingerprint density at radius 3 is 2.32 bits per heavy atom. The van der Waals surface area contributed by atoms with E-state index in [1.165, 1.54) is 12.1 Å². The SMILES string of the molecule is CC(c1ccc(F)cc1F)N1CCN(C(=O)C(C)(C)N)CC1. The van der Waals surface area contributed by atoms with E-state index in [0.717, 1.165) is 6.07 Å². The van der Waals surface area contributed by atoms with Crippen molar-refractivity contribution in [3.05, 3.63) is 35.4 Å². The highest BCUT2D eigenvalue weighted by atomic mass is 19.1. The molecule has 2 rings (SSSR count). The molecule has 122 valence electrons. The molecule has 0 bridgehead atoms. The highest BCUT2D eigenvalue weighted by Gasteiger charge is 2.31. The van der Waals surface area contributed by atoms with Crippen LogP contribution in [0.15, 0.2) is 18.2 Å². The molecule has 1 aliphatic heterocycles. The Hall–Kier alpha value is -1.53. The van der Waals surface area contributed by atoms with Gasteiger partial charge < -0.3 is 10.6 Å². The molecule has 0 radical (unpaired) electrons. The molecule has 0 spiro atoms. The van der Waals surface area contributed by atoms with Crippen molar-refractivity contribution < 1.29 is 13.6 Å². The number of carbonyl (C=O) groups excluding carboxylic acids is 1. The number of piperazine rings is 1. The van der Waals surface area contributed by atoms with Crippen LogP contribution in [-0.4, -0.2) is 47.4 Å². The highest BCUT2D eigenvalue weighted by Crippen LogP contribution is 2.25. The van der Waals surface area contributed by atoms with Crippen LogP contribution in [-0.2, 0) is 4.79 Å². The lowest BCUT2D eigenvalue weighted by Gasteiger charge is -2.40. The Morgan fingerprint density at radius 2 is 1.82 bits per heavy atom. The highest BCUT2D eigenvalue weighted by molar-refractivity contribution is 5.85. The molecule has 0 saturated carbocycles. The number of nitrogens with two attached hydrogens (primary N) is 1. The smallest absolute Gasteiger partial charge is 0.242 e. The molecule has 1 aromatic rings. The summed E-state index contributed by atoms with van der Waals surface area (Å²) in [6.07, 6.45) is 0. The minimum atomic E-state index is -0.878. The molecule has 1 saturated heterocycles. The maximum absolute atomic E-state index is 13.9. The number of amides is 1. The maximum atomic E-state index is 13.9. The Bertz CT molecular complexity index is 549. The number of carbonyl (C=O) groups is 1. The first kappa shape index (κ1) is 16.8. The zero-order valence-corrected chi connectivity index (χ0v) is 13.3. The van der Waals surface area contributed by atoms with Gasteiger partial charge in [-0.2, -0.15) is 0 Å². The van der Waals surface area contributed by atoms with E-state index in [0.29, 0.717) is 31.7 Å². The van der Waals surface area contributed by atoms with Gasteiger partial charge >= 0.3 is 0 Å². The second kappa shape index (κ2) is 6.30. The monoisotopic (exact) mass is 311 g/mol. The van der Waals surface area contributed by atoms with E-state index in [1.807, 2.05) is 6.92 Å². The largest absolute Gasteiger partial charge is 0.339 e. The molecule has 1 heterocycles. The molecule has 1 atom stereocenters. The first-order valence-electron chi connectivity index (χ1n) is 7.47. The summed E-state index contributed by atoms with van der Waals surface area (Å²) in [5, 5.41) is 0. The third-order valence-corrected chi connectivity index (χ3v) is 4.11. The number of halogens is 2. The minimum absolute atomic E-state index is 0.0761. The fraction of sp³-hybridized carbons (Fsp3) is 0.562. The summed E-state index contributed by atoms with van der Waals surface area (Å²) < 4.78 is 26.9. The van der Waals surface area contributed by atoms with Crippen LogP contribution in [0.4, 0.5) is 8.78 Å². The molecular weight excluding hydrogens is 288 g/mol. The van der Waals surface area contributed by atoms with Crippen molar-refractivity contribution in [3.63, 3.8) is 0 Å². The van der Waals surface area contributed by atoms with Crippen LogP contribution in [0.3, 0.4) is 0 Å². The van der Waals surface area contributed by atoms with Crippen LogP contribution >= 0.6 is 0 Å². The van der Waals surface area contributed by atoms with Gasteiger partial charge in [0.1, 0.15) is 11.6 Å². The van der Waals surface area contributed by atoms with Crippen molar-refractivity contribution >= 4 is 5.91 Å². The fourth-order valence-corrected chi connectivity index (χ4v) is 2.76. The molecule has 2 N–H and O–H groups in total. The molecule has 1 unspecified atom stereocenters. The Morgan fingerprint density at radius 1 is 1.23 bits per heavy atom. The Labute approximate surface area is 129 Å². The minimum Gasteiger partial charge on any atom is -0.339 e. The van der Waals surface area contributed by atoms with Crippen molar-refractivity contribution in [1.29, 1.82) is 0 Å². The van der Waals surface area contributed by atoms with Gasteiger partial charge in [-0.1, -0.05) is 6.07 Å². The second-order valence-electron chi connectivity index (χ2n) is 6.39. The lowest BCUT2D eigenvalue weighted by atomic mass is 10.0. The van der Waals surface area contributed by atoms with E-state index in [2.05, 4.69) is 4.90 Å². The lowest BCUT2D eigenvalue weighted by molar-refractivity contribution is -0.137. The second-order valence-corrected chi connectivity index (χ2v) is 6.39. The number of hydrogen-bond donors (Lipinski definition) is 1. The topological polar surface area (TPSA) is 49.6 Å². The normalized spacial score (nSPS) is 18.4. The van der Waals surface area contributed by atoms with E-state index in [1.54, 1.807) is 18.7 Å². The average Bonchev–Trinajstić information content (AvgIpc) is 2.45. The quantitative estimate of drug-likeness (QED) is 0.927. The van der Waals surface area contributed by atoms with Gasteiger partial charge in [0.05, 0.1) is 5.54 Å². The summed E-state index contributed by atoms with van der Waals surface area (Å²) >= 11 is 0. The van der Waals surface area contributed by atoms with Crippen LogP contribution in [0, 0.1) is 11.6 Å². The Kier molecular flexibility index (Phi) is 4.82. The van der Waals surface area contributed by atoms with Crippen LogP contribution < -0.4 is 5.73 Å². The molecule has 6 heteroatoms. The predicted molar refractivity (Wildman–Crippen MR) is 81.2 cm³/mol. The number of rotatable bonds is 3. The van der Waals surface area contributed by atoms with Gasteiger partial charge in [0.25, 0.3) is 0 Å². The molecule has 1 amide bonds. The number of hydrogen-bond acceptors (Lipinski definition) is 3. The van der Waals surface area contributed by atoms with E-state index in [9.17, 15) is 13.6 Å². The summed E-state index contributed by atoms with van der Waals surface area (Å²) in [5.74, 6) is -1.18. The predicted octanol–water partition coefficient (Wildman–Crippen LogP) is 1.91. The molecule has 1 fully saturated rings. The molecule has 0 aromatic heterocycles. The number of nitrogens with zero attached hydrogens (tertiary/aromatic N) is 2. The molecule has 22 heavy (non-hydrogen) atoms. The van der Waals surface area contributed by atoms with E-state index in [-0.39, 0.29) is 11.9 Å². The molecule has 4 nitrogen and oxygen atoms in total. The molecule has 0 aliphatic carbocycles. The van der Waals surface area contributed by atoms with Gasteiger partial charge in [-0.05, 0) is 26.8 Å². The van der Waals surface area contributed by atoms with Gasteiger partial charge in [0, 0.05) is 43.9 Å². The van der Waals surface area contributed by atoms with E-state index in [4.69, 9.17) is 5.73 Å². The van der Waals surface area contributed by atoms with Crippen molar-refractivity contribution in [1.82, 2.24) is 9.80 Å². The summed E-state index contributed by atoms with van der Waals surface area (Å²) in [6, 6.07) is 3.49. The van der Waals surface area contributed by atoms with Gasteiger partial charge in [0.2, 0.25) is 5.91 Å². The Balaban J connectivity index is 2.01. The van der Waals surface area contributed by atoms with Gasteiger partial charge in [-0.25, -0.2) is 8.78 Å². The average molecular weight is 311 g/mol.